The molecule has 0 saturated carbocycles. The van der Waals surface area contributed by atoms with Gasteiger partial charge < -0.3 is 5.32 Å². The maximum absolute atomic E-state index is 3.82. The molecule has 0 amide bonds. The van der Waals surface area contributed by atoms with E-state index < -0.39 is 0 Å². The van der Waals surface area contributed by atoms with Crippen LogP contribution in [0.3, 0.4) is 0 Å². The second kappa shape index (κ2) is 7.83. The Bertz CT molecular complexity index is 1790. The number of benzene rings is 6. The first kappa shape index (κ1) is 21.0. The molecule has 0 radical (unpaired) electrons. The molecule has 0 aliphatic heterocycles. The average Bonchev–Trinajstić information content (AvgIpc) is 3.15. The predicted molar refractivity (Wildman–Crippen MR) is 154 cm³/mol. The van der Waals surface area contributed by atoms with E-state index in [1.165, 1.54) is 54.9 Å². The summed E-state index contributed by atoms with van der Waals surface area (Å²) in [6.07, 6.45) is 0. The van der Waals surface area contributed by atoms with Crippen LogP contribution in [0.15, 0.2) is 121 Å². The first-order valence-electron chi connectivity index (χ1n) is 12.6. The van der Waals surface area contributed by atoms with Crippen molar-refractivity contribution in [3.8, 4) is 22.3 Å². The van der Waals surface area contributed by atoms with Crippen LogP contribution in [0.1, 0.15) is 25.0 Å². The highest BCUT2D eigenvalue weighted by atomic mass is 14.9. The van der Waals surface area contributed by atoms with Crippen LogP contribution in [-0.2, 0) is 5.41 Å². The molecule has 6 aromatic carbocycles. The summed E-state index contributed by atoms with van der Waals surface area (Å²) in [5.41, 5.74) is 10.2. The Morgan fingerprint density at radius 2 is 1.14 bits per heavy atom. The summed E-state index contributed by atoms with van der Waals surface area (Å²) in [5, 5.41) is 8.85. The zero-order chi connectivity index (χ0) is 24.3. The van der Waals surface area contributed by atoms with Crippen LogP contribution in [-0.4, -0.2) is 0 Å². The van der Waals surface area contributed by atoms with Gasteiger partial charge in [0, 0.05) is 22.4 Å². The van der Waals surface area contributed by atoms with Gasteiger partial charge >= 0.3 is 0 Å². The van der Waals surface area contributed by atoms with Crippen molar-refractivity contribution in [2.45, 2.75) is 19.3 Å². The van der Waals surface area contributed by atoms with E-state index in [1.54, 1.807) is 0 Å². The van der Waals surface area contributed by atoms with Crippen molar-refractivity contribution >= 4 is 32.9 Å². The lowest BCUT2D eigenvalue weighted by Gasteiger charge is -2.22. The van der Waals surface area contributed by atoms with Gasteiger partial charge in [0.25, 0.3) is 0 Å². The summed E-state index contributed by atoms with van der Waals surface area (Å²) in [4.78, 5) is 0. The fraction of sp³-hybridized carbons (Fsp3) is 0.0857. The monoisotopic (exact) mass is 461 g/mol. The molecule has 7 rings (SSSR count). The van der Waals surface area contributed by atoms with Gasteiger partial charge in [-0.1, -0.05) is 117 Å². The standard InChI is InChI=1S/C35H27N/c1-35(2)31-17-8-7-15-28(31)29-20-19-25(22-32(29)35)36-33-21-18-24-11-4-6-14-27(24)34(33)30-16-9-12-23-10-3-5-13-26(23)30/h3-22,36H,1-2H3. The van der Waals surface area contributed by atoms with Crippen molar-refractivity contribution in [3.63, 3.8) is 0 Å². The van der Waals surface area contributed by atoms with Crippen molar-refractivity contribution < 1.29 is 0 Å². The van der Waals surface area contributed by atoms with E-state index in [9.17, 15) is 0 Å². The van der Waals surface area contributed by atoms with E-state index in [1.807, 2.05) is 0 Å². The van der Waals surface area contributed by atoms with E-state index in [2.05, 4.69) is 140 Å². The smallest absolute Gasteiger partial charge is 0.0470 e. The summed E-state index contributed by atoms with van der Waals surface area (Å²) in [6.45, 7) is 4.66. The quantitative estimate of drug-likeness (QED) is 0.276. The zero-order valence-corrected chi connectivity index (χ0v) is 20.5. The molecule has 0 unspecified atom stereocenters. The summed E-state index contributed by atoms with van der Waals surface area (Å²) in [6, 6.07) is 44.0. The highest BCUT2D eigenvalue weighted by molar-refractivity contribution is 6.10. The lowest BCUT2D eigenvalue weighted by atomic mass is 9.82. The molecule has 1 nitrogen and oxygen atoms in total. The number of fused-ring (bicyclic) bond motifs is 5. The first-order valence-corrected chi connectivity index (χ1v) is 12.6. The van der Waals surface area contributed by atoms with Crippen LogP contribution in [0.25, 0.3) is 43.8 Å². The topological polar surface area (TPSA) is 12.0 Å². The fourth-order valence-electron chi connectivity index (χ4n) is 6.05. The molecule has 1 N–H and O–H groups in total. The van der Waals surface area contributed by atoms with Gasteiger partial charge in [-0.3, -0.25) is 0 Å². The lowest BCUT2D eigenvalue weighted by Crippen LogP contribution is -2.15. The summed E-state index contributed by atoms with van der Waals surface area (Å²) < 4.78 is 0. The molecule has 0 fully saturated rings. The third-order valence-corrected chi connectivity index (χ3v) is 7.85. The molecule has 6 aromatic rings. The van der Waals surface area contributed by atoms with Crippen molar-refractivity contribution in [1.82, 2.24) is 0 Å². The Balaban J connectivity index is 1.41. The fourth-order valence-corrected chi connectivity index (χ4v) is 6.05. The van der Waals surface area contributed by atoms with Gasteiger partial charge in [0.1, 0.15) is 0 Å². The molecule has 1 aliphatic rings. The molecule has 0 atom stereocenters. The summed E-state index contributed by atoms with van der Waals surface area (Å²) in [7, 11) is 0. The molecular formula is C35H27N. The minimum Gasteiger partial charge on any atom is -0.355 e. The number of hydrogen-bond donors (Lipinski definition) is 1. The van der Waals surface area contributed by atoms with Gasteiger partial charge in [0.05, 0.1) is 0 Å². The Kier molecular flexibility index (Phi) is 4.56. The van der Waals surface area contributed by atoms with E-state index in [4.69, 9.17) is 0 Å². The largest absolute Gasteiger partial charge is 0.355 e. The van der Waals surface area contributed by atoms with Crippen molar-refractivity contribution in [1.29, 1.82) is 0 Å². The minimum atomic E-state index is -0.0224. The SMILES string of the molecule is CC1(C)c2ccccc2-c2ccc(Nc3ccc4ccccc4c3-c3cccc4ccccc34)cc21. The van der Waals surface area contributed by atoms with Crippen molar-refractivity contribution in [3.05, 3.63) is 132 Å². The van der Waals surface area contributed by atoms with Gasteiger partial charge in [0.2, 0.25) is 0 Å². The second-order valence-corrected chi connectivity index (χ2v) is 10.3. The minimum absolute atomic E-state index is 0.0224. The molecule has 0 spiro atoms. The van der Waals surface area contributed by atoms with E-state index in [0.29, 0.717) is 0 Å². The Morgan fingerprint density at radius 3 is 2.00 bits per heavy atom. The lowest BCUT2D eigenvalue weighted by molar-refractivity contribution is 0.660. The molecule has 0 heterocycles. The van der Waals surface area contributed by atoms with Crippen LogP contribution in [0.2, 0.25) is 0 Å². The Morgan fingerprint density at radius 1 is 0.500 bits per heavy atom. The van der Waals surface area contributed by atoms with E-state index >= 15 is 0 Å². The number of nitrogens with one attached hydrogen (secondary N) is 1. The maximum atomic E-state index is 3.82. The molecule has 0 bridgehead atoms. The van der Waals surface area contributed by atoms with Crippen molar-refractivity contribution in [2.24, 2.45) is 0 Å². The number of rotatable bonds is 3. The van der Waals surface area contributed by atoms with Crippen LogP contribution in [0.4, 0.5) is 11.4 Å². The Labute approximate surface area is 212 Å². The van der Waals surface area contributed by atoms with Gasteiger partial charge in [-0.15, -0.1) is 0 Å². The molecule has 172 valence electrons. The third-order valence-electron chi connectivity index (χ3n) is 7.85. The third kappa shape index (κ3) is 3.09. The van der Waals surface area contributed by atoms with Crippen LogP contribution < -0.4 is 5.32 Å². The van der Waals surface area contributed by atoms with Crippen molar-refractivity contribution in [2.75, 3.05) is 5.32 Å². The van der Waals surface area contributed by atoms with Gasteiger partial charge in [0.15, 0.2) is 0 Å². The van der Waals surface area contributed by atoms with E-state index in [-0.39, 0.29) is 5.41 Å². The zero-order valence-electron chi connectivity index (χ0n) is 20.5. The Hall–Kier alpha value is -4.36. The molecule has 0 aromatic heterocycles. The summed E-state index contributed by atoms with van der Waals surface area (Å²) >= 11 is 0. The molecule has 1 aliphatic carbocycles. The first-order chi connectivity index (χ1) is 17.6. The van der Waals surface area contributed by atoms with E-state index in [0.717, 1.165) is 11.4 Å². The predicted octanol–water partition coefficient (Wildman–Crippen LogP) is 9.71. The molecule has 1 heteroatoms. The highest BCUT2D eigenvalue weighted by Crippen LogP contribution is 2.49. The number of anilines is 2. The van der Waals surface area contributed by atoms with Crippen LogP contribution >= 0.6 is 0 Å². The second-order valence-electron chi connectivity index (χ2n) is 10.3. The molecular weight excluding hydrogens is 434 g/mol. The average molecular weight is 462 g/mol. The van der Waals surface area contributed by atoms with Gasteiger partial charge in [-0.05, 0) is 67.6 Å². The molecule has 0 saturated heterocycles. The summed E-state index contributed by atoms with van der Waals surface area (Å²) in [5.74, 6) is 0. The molecule has 36 heavy (non-hydrogen) atoms. The normalized spacial score (nSPS) is 13.5. The number of hydrogen-bond acceptors (Lipinski definition) is 1. The van der Waals surface area contributed by atoms with Crippen LogP contribution in [0.5, 0.6) is 0 Å². The highest BCUT2D eigenvalue weighted by Gasteiger charge is 2.35. The van der Waals surface area contributed by atoms with Crippen LogP contribution in [0, 0.1) is 0 Å². The van der Waals surface area contributed by atoms with Gasteiger partial charge in [-0.2, -0.15) is 0 Å². The maximum Gasteiger partial charge on any atom is 0.0470 e. The van der Waals surface area contributed by atoms with Gasteiger partial charge in [-0.25, -0.2) is 0 Å².